The summed E-state index contributed by atoms with van der Waals surface area (Å²) >= 11 is 5.95. The summed E-state index contributed by atoms with van der Waals surface area (Å²) in [7, 11) is 0. The SMILES string of the molecule is O=C(NCCc1c[nH]c2cnc(Cl)cc12)c1cnc2[nH]ccc2c1. The highest BCUT2D eigenvalue weighted by Gasteiger charge is 2.09. The largest absolute Gasteiger partial charge is 0.360 e. The van der Waals surface area contributed by atoms with E-state index < -0.39 is 0 Å². The first-order chi connectivity index (χ1) is 11.7. The molecule has 6 nitrogen and oxygen atoms in total. The lowest BCUT2D eigenvalue weighted by Gasteiger charge is -2.05. The lowest BCUT2D eigenvalue weighted by molar-refractivity contribution is 0.0954. The third-order valence-electron chi connectivity index (χ3n) is 3.96. The van der Waals surface area contributed by atoms with Gasteiger partial charge in [0.2, 0.25) is 0 Å². The van der Waals surface area contributed by atoms with Crippen LogP contribution in [0.4, 0.5) is 0 Å². The summed E-state index contributed by atoms with van der Waals surface area (Å²) in [5.74, 6) is -0.134. The molecule has 0 aliphatic heterocycles. The molecule has 4 rings (SSSR count). The van der Waals surface area contributed by atoms with E-state index in [4.69, 9.17) is 11.6 Å². The molecule has 0 aliphatic rings. The zero-order chi connectivity index (χ0) is 16.5. The Balaban J connectivity index is 1.44. The second kappa shape index (κ2) is 5.98. The van der Waals surface area contributed by atoms with Gasteiger partial charge < -0.3 is 15.3 Å². The van der Waals surface area contributed by atoms with E-state index >= 15 is 0 Å². The van der Waals surface area contributed by atoms with Crippen LogP contribution in [0.5, 0.6) is 0 Å². The Hall–Kier alpha value is -2.86. The van der Waals surface area contributed by atoms with Gasteiger partial charge in [-0.05, 0) is 30.2 Å². The third kappa shape index (κ3) is 2.72. The number of H-pyrrole nitrogens is 2. The standard InChI is InChI=1S/C17H14ClN5O/c18-15-6-13-11(7-21-14(13)9-22-15)2-4-20-17(24)12-5-10-1-3-19-16(10)23-8-12/h1,3,5-9,21H,2,4H2,(H,19,23)(H,20,24). The molecule has 0 spiro atoms. The van der Waals surface area contributed by atoms with Gasteiger partial charge in [0.15, 0.2) is 0 Å². The molecule has 120 valence electrons. The number of carbonyl (C=O) groups is 1. The minimum Gasteiger partial charge on any atom is -0.360 e. The minimum atomic E-state index is -0.134. The van der Waals surface area contributed by atoms with Crippen molar-refractivity contribution in [1.82, 2.24) is 25.3 Å². The number of rotatable bonds is 4. The fourth-order valence-electron chi connectivity index (χ4n) is 2.74. The van der Waals surface area contributed by atoms with Crippen LogP contribution in [0.1, 0.15) is 15.9 Å². The Bertz CT molecular complexity index is 1040. The number of pyridine rings is 2. The fraction of sp³-hybridized carbons (Fsp3) is 0.118. The van der Waals surface area contributed by atoms with E-state index in [9.17, 15) is 4.79 Å². The number of nitrogens with one attached hydrogen (secondary N) is 3. The summed E-state index contributed by atoms with van der Waals surface area (Å²) in [5.41, 5.74) is 3.35. The first kappa shape index (κ1) is 14.7. The molecular weight excluding hydrogens is 326 g/mol. The van der Waals surface area contributed by atoms with E-state index in [-0.39, 0.29) is 5.91 Å². The Morgan fingerprint density at radius 1 is 1.21 bits per heavy atom. The van der Waals surface area contributed by atoms with E-state index in [1.54, 1.807) is 18.6 Å². The van der Waals surface area contributed by atoms with Crippen LogP contribution in [0.2, 0.25) is 5.15 Å². The Labute approximate surface area is 142 Å². The van der Waals surface area contributed by atoms with Gasteiger partial charge in [-0.2, -0.15) is 0 Å². The summed E-state index contributed by atoms with van der Waals surface area (Å²) in [6, 6.07) is 5.54. The molecule has 3 N–H and O–H groups in total. The van der Waals surface area contributed by atoms with Crippen molar-refractivity contribution in [3.8, 4) is 0 Å². The average molecular weight is 340 g/mol. The molecule has 0 saturated carbocycles. The zero-order valence-corrected chi connectivity index (χ0v) is 13.4. The van der Waals surface area contributed by atoms with Crippen LogP contribution in [0.15, 0.2) is 43.0 Å². The highest BCUT2D eigenvalue weighted by Crippen LogP contribution is 2.20. The van der Waals surface area contributed by atoms with Crippen molar-refractivity contribution < 1.29 is 4.79 Å². The molecule has 24 heavy (non-hydrogen) atoms. The fourth-order valence-corrected chi connectivity index (χ4v) is 2.89. The molecule has 0 saturated heterocycles. The number of nitrogens with zero attached hydrogens (tertiary/aromatic N) is 2. The van der Waals surface area contributed by atoms with Crippen molar-refractivity contribution in [2.75, 3.05) is 6.54 Å². The smallest absolute Gasteiger partial charge is 0.252 e. The average Bonchev–Trinajstić information content (AvgIpc) is 3.20. The van der Waals surface area contributed by atoms with Crippen molar-refractivity contribution in [3.63, 3.8) is 0 Å². The van der Waals surface area contributed by atoms with Gasteiger partial charge in [-0.15, -0.1) is 0 Å². The molecule has 0 unspecified atom stereocenters. The predicted molar refractivity (Wildman–Crippen MR) is 93.2 cm³/mol. The Kier molecular flexibility index (Phi) is 3.66. The van der Waals surface area contributed by atoms with Crippen LogP contribution in [0.25, 0.3) is 21.9 Å². The number of aromatic amines is 2. The highest BCUT2D eigenvalue weighted by atomic mass is 35.5. The summed E-state index contributed by atoms with van der Waals surface area (Å²) in [5, 5.41) is 5.32. The number of aromatic nitrogens is 4. The lowest BCUT2D eigenvalue weighted by atomic mass is 10.1. The minimum absolute atomic E-state index is 0.134. The normalized spacial score (nSPS) is 11.2. The molecule has 0 fully saturated rings. The van der Waals surface area contributed by atoms with Crippen LogP contribution in [-0.4, -0.2) is 32.4 Å². The molecule has 1 amide bonds. The second-order valence-electron chi connectivity index (χ2n) is 5.51. The first-order valence-electron chi connectivity index (χ1n) is 7.53. The maximum Gasteiger partial charge on any atom is 0.252 e. The summed E-state index contributed by atoms with van der Waals surface area (Å²) in [6.07, 6.45) is 7.70. The van der Waals surface area contributed by atoms with Gasteiger partial charge in [0, 0.05) is 35.9 Å². The summed E-state index contributed by atoms with van der Waals surface area (Å²) < 4.78 is 0. The van der Waals surface area contributed by atoms with E-state index in [2.05, 4.69) is 25.3 Å². The van der Waals surface area contributed by atoms with Gasteiger partial charge in [-0.1, -0.05) is 11.6 Å². The van der Waals surface area contributed by atoms with Gasteiger partial charge in [-0.3, -0.25) is 4.79 Å². The lowest BCUT2D eigenvalue weighted by Crippen LogP contribution is -2.25. The van der Waals surface area contributed by atoms with E-state index in [0.717, 1.165) is 27.5 Å². The number of hydrogen-bond donors (Lipinski definition) is 3. The number of fused-ring (bicyclic) bond motifs is 2. The van der Waals surface area contributed by atoms with Gasteiger partial charge in [-0.25, -0.2) is 9.97 Å². The monoisotopic (exact) mass is 339 g/mol. The molecule has 0 aromatic carbocycles. The van der Waals surface area contributed by atoms with E-state index in [1.165, 1.54) is 0 Å². The van der Waals surface area contributed by atoms with Gasteiger partial charge in [0.1, 0.15) is 10.8 Å². The van der Waals surface area contributed by atoms with Crippen LogP contribution in [-0.2, 0) is 6.42 Å². The summed E-state index contributed by atoms with van der Waals surface area (Å²) in [6.45, 7) is 0.525. The van der Waals surface area contributed by atoms with E-state index in [0.29, 0.717) is 23.7 Å². The third-order valence-corrected chi connectivity index (χ3v) is 4.17. The number of amides is 1. The zero-order valence-electron chi connectivity index (χ0n) is 12.6. The maximum atomic E-state index is 12.3. The topological polar surface area (TPSA) is 86.5 Å². The van der Waals surface area contributed by atoms with Gasteiger partial charge >= 0.3 is 0 Å². The molecule has 4 aromatic rings. The highest BCUT2D eigenvalue weighted by molar-refractivity contribution is 6.30. The Morgan fingerprint density at radius 3 is 3.04 bits per heavy atom. The number of hydrogen-bond acceptors (Lipinski definition) is 3. The van der Waals surface area contributed by atoms with Crippen LogP contribution in [0, 0.1) is 0 Å². The van der Waals surface area contributed by atoms with Crippen LogP contribution in [0.3, 0.4) is 0 Å². The van der Waals surface area contributed by atoms with Crippen molar-refractivity contribution in [3.05, 3.63) is 59.3 Å². The quantitative estimate of drug-likeness (QED) is 0.499. The van der Waals surface area contributed by atoms with Crippen molar-refractivity contribution in [2.24, 2.45) is 0 Å². The predicted octanol–water partition coefficient (Wildman–Crippen LogP) is 3.07. The van der Waals surface area contributed by atoms with Crippen LogP contribution >= 0.6 is 11.6 Å². The second-order valence-corrected chi connectivity index (χ2v) is 5.90. The number of halogens is 1. The molecule has 0 aliphatic carbocycles. The van der Waals surface area contributed by atoms with Crippen molar-refractivity contribution in [1.29, 1.82) is 0 Å². The molecule has 0 radical (unpaired) electrons. The van der Waals surface area contributed by atoms with Crippen LogP contribution < -0.4 is 5.32 Å². The molecule has 4 heterocycles. The van der Waals surface area contributed by atoms with Gasteiger partial charge in [0.05, 0.1) is 17.3 Å². The molecular formula is C17H14ClN5O. The number of carbonyl (C=O) groups excluding carboxylic acids is 1. The molecule has 4 aromatic heterocycles. The van der Waals surface area contributed by atoms with E-state index in [1.807, 2.05) is 24.4 Å². The van der Waals surface area contributed by atoms with Crippen molar-refractivity contribution in [2.45, 2.75) is 6.42 Å². The van der Waals surface area contributed by atoms with Gasteiger partial charge in [0.25, 0.3) is 5.91 Å². The maximum absolute atomic E-state index is 12.3. The molecule has 0 atom stereocenters. The molecule has 0 bridgehead atoms. The Morgan fingerprint density at radius 2 is 2.12 bits per heavy atom. The molecule has 7 heteroatoms. The van der Waals surface area contributed by atoms with Crippen molar-refractivity contribution >= 4 is 39.4 Å². The first-order valence-corrected chi connectivity index (χ1v) is 7.91. The summed E-state index contributed by atoms with van der Waals surface area (Å²) in [4.78, 5) is 26.7.